The first-order valence-corrected chi connectivity index (χ1v) is 28.3. The number of ether oxygens (including phenoxy) is 2. The van der Waals surface area contributed by atoms with E-state index in [9.17, 15) is 8.42 Å². The molecular formula is C54H72O5S3Si. The standard InChI is InChI=1S/C54H72O5S3Si/c1-42(37-45(4)53-60-35-22-36-61-53)23-21-28-49(62(55,56)48-26-15-10-16-27-48)38-44(3)52(57-8)39-47(58-41-46-24-13-9-14-25-46)34-33-43(2)40-59-63(54(5,6)7,50-29-17-11-18-30-50)51-31-19-12-20-32-51/h9-21,23-32,38,42-43,45,47,52-53H,22,33-37,39-41H2,1-8H3/b23-21+,44-38+,49-28-/t42-,43-,45-,47+,52+/m1/s1. The summed E-state index contributed by atoms with van der Waals surface area (Å²) in [6.45, 7) is 16.9. The maximum Gasteiger partial charge on any atom is 0.261 e. The molecule has 0 radical (unpaired) electrons. The molecule has 340 valence electrons. The zero-order valence-electron chi connectivity index (χ0n) is 39.0. The highest BCUT2D eigenvalue weighted by molar-refractivity contribution is 8.17. The van der Waals surface area contributed by atoms with E-state index in [1.54, 1.807) is 43.5 Å². The number of methoxy groups -OCH3 is 1. The van der Waals surface area contributed by atoms with Gasteiger partial charge in [-0.3, -0.25) is 0 Å². The van der Waals surface area contributed by atoms with Crippen molar-refractivity contribution < 1.29 is 22.3 Å². The Bertz CT molecular complexity index is 2090. The van der Waals surface area contributed by atoms with E-state index in [0.717, 1.165) is 30.4 Å². The van der Waals surface area contributed by atoms with Crippen molar-refractivity contribution in [3.05, 3.63) is 162 Å². The zero-order chi connectivity index (χ0) is 45.3. The van der Waals surface area contributed by atoms with Crippen LogP contribution in [0.4, 0.5) is 0 Å². The molecule has 0 unspecified atom stereocenters. The van der Waals surface area contributed by atoms with Crippen LogP contribution < -0.4 is 10.4 Å². The smallest absolute Gasteiger partial charge is 0.261 e. The summed E-state index contributed by atoms with van der Waals surface area (Å²) in [7, 11) is -4.79. The predicted molar refractivity (Wildman–Crippen MR) is 273 cm³/mol. The molecule has 1 saturated heterocycles. The lowest BCUT2D eigenvalue weighted by atomic mass is 9.97. The molecule has 5 nitrogen and oxygen atoms in total. The quantitative estimate of drug-likeness (QED) is 0.0542. The van der Waals surface area contributed by atoms with Gasteiger partial charge in [0, 0.05) is 20.1 Å². The maximum absolute atomic E-state index is 14.2. The van der Waals surface area contributed by atoms with Gasteiger partial charge < -0.3 is 13.9 Å². The minimum atomic E-state index is -3.81. The Kier molecular flexibility index (Phi) is 20.1. The average Bonchev–Trinajstić information content (AvgIpc) is 3.29. The van der Waals surface area contributed by atoms with Crippen LogP contribution in [0.15, 0.2) is 161 Å². The van der Waals surface area contributed by atoms with Crippen LogP contribution in [-0.4, -0.2) is 58.7 Å². The fourth-order valence-electron chi connectivity index (χ4n) is 8.57. The Morgan fingerprint density at radius 1 is 0.794 bits per heavy atom. The van der Waals surface area contributed by atoms with Gasteiger partial charge in [-0.25, -0.2) is 8.42 Å². The van der Waals surface area contributed by atoms with Crippen LogP contribution in [0.5, 0.6) is 0 Å². The molecule has 0 spiro atoms. The van der Waals surface area contributed by atoms with Crippen molar-refractivity contribution >= 4 is 52.1 Å². The fraction of sp³-hybridized carbons (Fsp3) is 0.444. The predicted octanol–water partition coefficient (Wildman–Crippen LogP) is 12.7. The second-order valence-electron chi connectivity index (χ2n) is 18.3. The normalized spacial score (nSPS) is 17.3. The molecule has 1 aliphatic rings. The lowest BCUT2D eigenvalue weighted by molar-refractivity contribution is -0.00701. The van der Waals surface area contributed by atoms with Crippen LogP contribution in [0, 0.1) is 17.8 Å². The fourth-order valence-corrected chi connectivity index (χ4v) is 17.8. The van der Waals surface area contributed by atoms with Gasteiger partial charge in [-0.15, -0.1) is 23.5 Å². The molecule has 0 aromatic heterocycles. The molecule has 5 atom stereocenters. The summed E-state index contributed by atoms with van der Waals surface area (Å²) >= 11 is 4.16. The Morgan fingerprint density at radius 3 is 1.90 bits per heavy atom. The van der Waals surface area contributed by atoms with Crippen molar-refractivity contribution in [2.24, 2.45) is 17.8 Å². The number of hydrogen-bond donors (Lipinski definition) is 0. The molecule has 4 aromatic carbocycles. The van der Waals surface area contributed by atoms with Crippen molar-refractivity contribution in [2.45, 2.75) is 114 Å². The number of hydrogen-bond acceptors (Lipinski definition) is 7. The van der Waals surface area contributed by atoms with Gasteiger partial charge in [0.2, 0.25) is 9.84 Å². The lowest BCUT2D eigenvalue weighted by Gasteiger charge is -2.43. The molecule has 4 aromatic rings. The minimum Gasteiger partial charge on any atom is -0.407 e. The van der Waals surface area contributed by atoms with E-state index in [1.807, 2.05) is 37.3 Å². The van der Waals surface area contributed by atoms with E-state index in [1.165, 1.54) is 28.3 Å². The Morgan fingerprint density at radius 2 is 1.35 bits per heavy atom. The third kappa shape index (κ3) is 14.7. The molecule has 0 N–H and O–H groups in total. The van der Waals surface area contributed by atoms with Crippen LogP contribution in [-0.2, 0) is 30.3 Å². The first-order chi connectivity index (χ1) is 30.2. The van der Waals surface area contributed by atoms with Gasteiger partial charge >= 0.3 is 0 Å². The molecule has 0 aliphatic carbocycles. The number of allylic oxidation sites excluding steroid dienone is 4. The number of thioether (sulfide) groups is 2. The van der Waals surface area contributed by atoms with Crippen LogP contribution >= 0.6 is 23.5 Å². The minimum absolute atomic E-state index is 0.104. The number of rotatable bonds is 23. The Labute approximate surface area is 390 Å². The molecule has 0 amide bonds. The number of sulfone groups is 1. The Balaban J connectivity index is 1.36. The maximum atomic E-state index is 14.2. The van der Waals surface area contributed by atoms with Crippen molar-refractivity contribution in [3.8, 4) is 0 Å². The van der Waals surface area contributed by atoms with E-state index in [-0.39, 0.29) is 33.0 Å². The van der Waals surface area contributed by atoms with Gasteiger partial charge in [0.15, 0.2) is 0 Å². The number of benzene rings is 4. The molecule has 0 saturated carbocycles. The second kappa shape index (κ2) is 24.9. The van der Waals surface area contributed by atoms with Crippen LogP contribution in [0.25, 0.3) is 0 Å². The molecule has 1 heterocycles. The van der Waals surface area contributed by atoms with Crippen molar-refractivity contribution in [1.29, 1.82) is 0 Å². The van der Waals surface area contributed by atoms with Crippen LogP contribution in [0.1, 0.15) is 86.1 Å². The summed E-state index contributed by atoms with van der Waals surface area (Å²) in [6.07, 6.45) is 11.8. The highest BCUT2D eigenvalue weighted by Gasteiger charge is 2.50. The summed E-state index contributed by atoms with van der Waals surface area (Å²) < 4.78 is 49.4. The first-order valence-electron chi connectivity index (χ1n) is 22.8. The summed E-state index contributed by atoms with van der Waals surface area (Å²) in [4.78, 5) is 0.521. The highest BCUT2D eigenvalue weighted by Crippen LogP contribution is 2.39. The summed E-state index contributed by atoms with van der Waals surface area (Å²) in [5, 5.41) is 2.45. The highest BCUT2D eigenvalue weighted by atomic mass is 32.2. The van der Waals surface area contributed by atoms with E-state index in [4.69, 9.17) is 13.9 Å². The third-order valence-electron chi connectivity index (χ3n) is 12.1. The van der Waals surface area contributed by atoms with E-state index < -0.39 is 18.2 Å². The van der Waals surface area contributed by atoms with Gasteiger partial charge in [-0.2, -0.15) is 0 Å². The summed E-state index contributed by atoms with van der Waals surface area (Å²) in [5.74, 6) is 3.63. The Hall–Kier alpha value is -3.15. The van der Waals surface area contributed by atoms with Gasteiger partial charge in [-0.1, -0.05) is 163 Å². The molecule has 63 heavy (non-hydrogen) atoms. The third-order valence-corrected chi connectivity index (χ3v) is 22.3. The molecule has 5 rings (SSSR count). The van der Waals surface area contributed by atoms with Gasteiger partial charge in [-0.05, 0) is 113 Å². The van der Waals surface area contributed by atoms with Crippen molar-refractivity contribution in [1.82, 2.24) is 0 Å². The van der Waals surface area contributed by atoms with E-state index in [0.29, 0.717) is 36.1 Å². The largest absolute Gasteiger partial charge is 0.407 e. The van der Waals surface area contributed by atoms with Crippen LogP contribution in [0.3, 0.4) is 0 Å². The van der Waals surface area contributed by atoms with Gasteiger partial charge in [0.05, 0.1) is 33.2 Å². The molecule has 1 aliphatic heterocycles. The summed E-state index contributed by atoms with van der Waals surface area (Å²) in [6, 6.07) is 40.6. The molecular weight excluding hydrogens is 853 g/mol. The van der Waals surface area contributed by atoms with Crippen molar-refractivity contribution in [2.75, 3.05) is 25.2 Å². The monoisotopic (exact) mass is 924 g/mol. The average molecular weight is 925 g/mol. The van der Waals surface area contributed by atoms with Gasteiger partial charge in [0.25, 0.3) is 8.32 Å². The summed E-state index contributed by atoms with van der Waals surface area (Å²) in [5.41, 5.74) is 1.94. The lowest BCUT2D eigenvalue weighted by Crippen LogP contribution is -2.66. The molecule has 0 bridgehead atoms. The molecule has 1 fully saturated rings. The SMILES string of the molecule is CO[C@@H](C[C@H](CC[C@@H](C)CO[Si](c1ccccc1)(c1ccccc1)C(C)(C)C)OCc1ccccc1)/C(C)=C/C(=C/C=C/[C@@H](C)C[C@@H](C)C1SCCCS1)S(=O)(=O)c1ccccc1. The first kappa shape index (κ1) is 50.8. The topological polar surface area (TPSA) is 61.8 Å². The van der Waals surface area contributed by atoms with Crippen LogP contribution in [0.2, 0.25) is 5.04 Å². The second-order valence-corrected chi connectivity index (χ2v) is 27.4. The van der Waals surface area contributed by atoms with Gasteiger partial charge in [0.1, 0.15) is 0 Å². The van der Waals surface area contributed by atoms with Crippen molar-refractivity contribution in [3.63, 3.8) is 0 Å². The van der Waals surface area contributed by atoms with E-state index >= 15 is 0 Å². The van der Waals surface area contributed by atoms with E-state index in [2.05, 4.69) is 144 Å². The zero-order valence-corrected chi connectivity index (χ0v) is 42.4. The molecule has 9 heteroatoms.